The Labute approximate surface area is 241 Å². The lowest BCUT2D eigenvalue weighted by Gasteiger charge is -2.28. The van der Waals surface area contributed by atoms with Crippen molar-refractivity contribution < 1.29 is 19.5 Å². The highest BCUT2D eigenvalue weighted by Gasteiger charge is 2.56. The molecule has 9 heteroatoms. The summed E-state index contributed by atoms with van der Waals surface area (Å²) in [5, 5.41) is 18.4. The molecule has 41 heavy (non-hydrogen) atoms. The highest BCUT2D eigenvalue weighted by Crippen LogP contribution is 2.49. The van der Waals surface area contributed by atoms with Crippen molar-refractivity contribution in [2.24, 2.45) is 29.2 Å². The van der Waals surface area contributed by atoms with Gasteiger partial charge in [-0.1, -0.05) is 48.9 Å². The fourth-order valence-corrected chi connectivity index (χ4v) is 6.50. The molecule has 3 amide bonds. The third-order valence-corrected chi connectivity index (χ3v) is 8.99. The number of aryl methyl sites for hydroxylation is 1. The fourth-order valence-electron chi connectivity index (χ4n) is 6.50. The second-order valence-electron chi connectivity index (χ2n) is 12.2. The van der Waals surface area contributed by atoms with Crippen molar-refractivity contribution in [2.75, 3.05) is 0 Å². The molecule has 2 saturated heterocycles. The summed E-state index contributed by atoms with van der Waals surface area (Å²) >= 11 is 0. The molecule has 4 aliphatic rings. The van der Waals surface area contributed by atoms with Crippen molar-refractivity contribution >= 4 is 17.7 Å². The minimum Gasteiger partial charge on any atom is -0.508 e. The molecule has 9 nitrogen and oxygen atoms in total. The number of carbonyl (C=O) groups excluding carboxylic acids is 3. The Bertz CT molecular complexity index is 1340. The van der Waals surface area contributed by atoms with Crippen LogP contribution in [0.3, 0.4) is 0 Å². The maximum Gasteiger partial charge on any atom is 0.241 e. The normalized spacial score (nSPS) is 28.3. The largest absolute Gasteiger partial charge is 0.508 e. The summed E-state index contributed by atoms with van der Waals surface area (Å²) in [6.07, 6.45) is 4.72. The van der Waals surface area contributed by atoms with E-state index >= 15 is 0 Å². The Morgan fingerprint density at radius 2 is 1.46 bits per heavy atom. The number of carbonyl (C=O) groups is 3. The van der Waals surface area contributed by atoms with Gasteiger partial charge in [-0.3, -0.25) is 14.4 Å². The highest BCUT2D eigenvalue weighted by molar-refractivity contribution is 5.89. The second-order valence-corrected chi connectivity index (χ2v) is 12.2. The molecular weight excluding hydrogens is 518 g/mol. The molecule has 2 saturated carbocycles. The molecule has 216 valence electrons. The number of likely N-dealkylation sites (tertiary alicyclic amines) is 2. The number of nitrogens with zero attached hydrogens (tertiary/aromatic N) is 3. The van der Waals surface area contributed by atoms with Crippen LogP contribution in [0.2, 0.25) is 0 Å². The number of piperidine rings is 2. The number of benzene rings is 2. The molecule has 2 aliphatic heterocycles. The number of fused-ring (bicyclic) bond motifs is 2. The summed E-state index contributed by atoms with van der Waals surface area (Å²) in [6, 6.07) is 16.3. The van der Waals surface area contributed by atoms with Gasteiger partial charge in [-0.25, -0.2) is 0 Å². The Morgan fingerprint density at radius 3 is 2.07 bits per heavy atom. The smallest absolute Gasteiger partial charge is 0.241 e. The number of rotatable bonds is 7. The first-order valence-electron chi connectivity index (χ1n) is 14.5. The van der Waals surface area contributed by atoms with Gasteiger partial charge in [-0.05, 0) is 80.5 Å². The Hall–Kier alpha value is -3.90. The van der Waals surface area contributed by atoms with E-state index in [4.69, 9.17) is 16.7 Å². The molecule has 5 N–H and O–H groups in total. The quantitative estimate of drug-likeness (QED) is 0.475. The van der Waals surface area contributed by atoms with E-state index in [1.807, 2.05) is 13.8 Å². The number of amides is 3. The minimum absolute atomic E-state index is 0.0735. The van der Waals surface area contributed by atoms with Gasteiger partial charge in [-0.15, -0.1) is 0 Å². The molecule has 0 radical (unpaired) electrons. The summed E-state index contributed by atoms with van der Waals surface area (Å²) in [5.41, 5.74) is 14.7. The molecule has 0 spiro atoms. The number of aromatic hydroxyl groups is 1. The number of phenolic OH excluding ortho intramolecular Hbond substituents is 1. The first kappa shape index (κ1) is 28.6. The van der Waals surface area contributed by atoms with E-state index in [9.17, 15) is 19.5 Å². The van der Waals surface area contributed by atoms with Gasteiger partial charge in [0, 0.05) is 18.0 Å². The zero-order chi connectivity index (χ0) is 29.4. The molecule has 0 aromatic heterocycles. The average Bonchev–Trinajstić information content (AvgIpc) is 3.84. The van der Waals surface area contributed by atoms with E-state index in [-0.39, 0.29) is 53.6 Å². The van der Waals surface area contributed by atoms with Crippen LogP contribution < -0.4 is 11.5 Å². The monoisotopic (exact) mass is 557 g/mol. The lowest BCUT2D eigenvalue weighted by Crippen LogP contribution is -2.48. The van der Waals surface area contributed by atoms with E-state index in [2.05, 4.69) is 30.3 Å². The van der Waals surface area contributed by atoms with Gasteiger partial charge in [0.1, 0.15) is 17.8 Å². The maximum absolute atomic E-state index is 12.7. The summed E-state index contributed by atoms with van der Waals surface area (Å²) < 4.78 is 0. The van der Waals surface area contributed by atoms with Gasteiger partial charge in [0.2, 0.25) is 17.7 Å². The van der Waals surface area contributed by atoms with E-state index < -0.39 is 6.04 Å². The molecule has 2 aliphatic carbocycles. The van der Waals surface area contributed by atoms with Gasteiger partial charge in [-0.2, -0.15) is 5.26 Å². The van der Waals surface area contributed by atoms with Crippen LogP contribution in [0, 0.1) is 36.0 Å². The van der Waals surface area contributed by atoms with Gasteiger partial charge < -0.3 is 26.4 Å². The average molecular weight is 558 g/mol. The van der Waals surface area contributed by atoms with Crippen molar-refractivity contribution in [1.29, 1.82) is 5.26 Å². The SMILES string of the molecule is Cc1ccc(CC(C)C(=O)N2C(C(N)=O)CC3CC32)cc1.N#CC1CC2CC2N1C(=O)C(N)Cc1ccc(O)cc1. The van der Waals surface area contributed by atoms with Gasteiger partial charge in [0.25, 0.3) is 0 Å². The number of hydrogen-bond donors (Lipinski definition) is 3. The van der Waals surface area contributed by atoms with Crippen molar-refractivity contribution in [3.63, 3.8) is 0 Å². The zero-order valence-electron chi connectivity index (χ0n) is 23.6. The van der Waals surface area contributed by atoms with Crippen LogP contribution in [-0.2, 0) is 27.2 Å². The lowest BCUT2D eigenvalue weighted by molar-refractivity contribution is -0.141. The summed E-state index contributed by atoms with van der Waals surface area (Å²) in [4.78, 5) is 40.1. The molecule has 8 unspecified atom stereocenters. The molecule has 2 aromatic carbocycles. The molecule has 8 atom stereocenters. The third-order valence-electron chi connectivity index (χ3n) is 8.99. The van der Waals surface area contributed by atoms with Crippen LogP contribution in [0.15, 0.2) is 48.5 Å². The Morgan fingerprint density at radius 1 is 0.902 bits per heavy atom. The van der Waals surface area contributed by atoms with E-state index in [0.717, 1.165) is 36.8 Å². The van der Waals surface area contributed by atoms with Gasteiger partial charge >= 0.3 is 0 Å². The molecule has 6 rings (SSSR count). The number of nitriles is 1. The van der Waals surface area contributed by atoms with Crippen LogP contribution in [0.4, 0.5) is 0 Å². The second kappa shape index (κ2) is 11.5. The first-order chi connectivity index (χ1) is 19.6. The molecule has 2 aromatic rings. The fraction of sp³-hybridized carbons (Fsp3) is 0.500. The standard InChI is InChI=1S/C17H22N2O2.C15H17N3O2/c1-10-3-5-12(6-4-10)7-11(2)17(21)19-14-8-13(14)9-15(19)16(18)20;16-8-11-6-10-7-14(10)18(11)15(20)13(17)5-9-1-3-12(19)4-2-9/h3-6,11,13-15H,7-9H2,1-2H3,(H2,18,20);1-4,10-11,13-14,19H,5-7,17H2. The van der Waals surface area contributed by atoms with E-state index in [0.29, 0.717) is 24.7 Å². The van der Waals surface area contributed by atoms with Crippen LogP contribution in [-0.4, -0.2) is 62.8 Å². The number of nitrogens with two attached hydrogens (primary N) is 2. The molecule has 0 bridgehead atoms. The summed E-state index contributed by atoms with van der Waals surface area (Å²) in [7, 11) is 0. The van der Waals surface area contributed by atoms with Crippen molar-refractivity contribution in [1.82, 2.24) is 9.80 Å². The maximum atomic E-state index is 12.7. The van der Waals surface area contributed by atoms with Crippen molar-refractivity contribution in [3.05, 3.63) is 65.2 Å². The Kier molecular flexibility index (Phi) is 8.05. The van der Waals surface area contributed by atoms with Crippen LogP contribution in [0.1, 0.15) is 49.3 Å². The van der Waals surface area contributed by atoms with Crippen molar-refractivity contribution in [3.8, 4) is 11.8 Å². The van der Waals surface area contributed by atoms with E-state index in [1.54, 1.807) is 34.1 Å². The predicted octanol–water partition coefficient (Wildman–Crippen LogP) is 2.42. The molecular formula is C32H39N5O4. The highest BCUT2D eigenvalue weighted by atomic mass is 16.3. The van der Waals surface area contributed by atoms with Crippen LogP contribution in [0.5, 0.6) is 5.75 Å². The predicted molar refractivity (Wildman–Crippen MR) is 153 cm³/mol. The van der Waals surface area contributed by atoms with E-state index in [1.165, 1.54) is 5.56 Å². The lowest BCUT2D eigenvalue weighted by atomic mass is 9.98. The summed E-state index contributed by atoms with van der Waals surface area (Å²) in [5.74, 6) is 0.659. The zero-order valence-corrected chi connectivity index (χ0v) is 23.6. The van der Waals surface area contributed by atoms with Crippen LogP contribution >= 0.6 is 0 Å². The minimum atomic E-state index is -0.630. The number of primary amides is 1. The topological polar surface area (TPSA) is 154 Å². The Balaban J connectivity index is 0.000000165. The molecule has 4 fully saturated rings. The van der Waals surface area contributed by atoms with Gasteiger partial charge in [0.15, 0.2) is 0 Å². The number of hydrogen-bond acceptors (Lipinski definition) is 6. The van der Waals surface area contributed by atoms with Gasteiger partial charge in [0.05, 0.1) is 12.1 Å². The number of phenols is 1. The van der Waals surface area contributed by atoms with Crippen LogP contribution in [0.25, 0.3) is 0 Å². The summed E-state index contributed by atoms with van der Waals surface area (Å²) in [6.45, 7) is 3.99. The van der Waals surface area contributed by atoms with Crippen molar-refractivity contribution in [2.45, 2.75) is 82.6 Å². The molecule has 2 heterocycles. The first-order valence-corrected chi connectivity index (χ1v) is 14.5. The third kappa shape index (κ3) is 6.23.